The number of benzene rings is 2. The number of aromatic nitrogens is 3. The van der Waals surface area contributed by atoms with E-state index >= 15 is 4.39 Å². The van der Waals surface area contributed by atoms with Crippen LogP contribution in [-0.4, -0.2) is 54.1 Å². The topological polar surface area (TPSA) is 64.4 Å². The van der Waals surface area contributed by atoms with Crippen LogP contribution in [0.2, 0.25) is 0 Å². The largest absolute Gasteiger partial charge is 0.372 e. The van der Waals surface area contributed by atoms with E-state index in [0.29, 0.717) is 22.9 Å². The molecule has 0 unspecified atom stereocenters. The first-order valence-corrected chi connectivity index (χ1v) is 14.7. The van der Waals surface area contributed by atoms with Gasteiger partial charge in [-0.2, -0.15) is 5.10 Å². The molecule has 0 aliphatic carbocycles. The van der Waals surface area contributed by atoms with E-state index in [1.165, 1.54) is 17.6 Å². The van der Waals surface area contributed by atoms with E-state index < -0.39 is 0 Å². The molecule has 2 aromatic heterocycles. The van der Waals surface area contributed by atoms with Crippen molar-refractivity contribution >= 4 is 23.3 Å². The zero-order valence-corrected chi connectivity index (χ0v) is 24.0. The van der Waals surface area contributed by atoms with Crippen LogP contribution in [0.5, 0.6) is 0 Å². The number of rotatable bonds is 11. The second-order valence-corrected chi connectivity index (χ2v) is 10.8. The van der Waals surface area contributed by atoms with E-state index in [1.807, 2.05) is 35.1 Å². The van der Waals surface area contributed by atoms with Gasteiger partial charge in [-0.15, -0.1) is 0 Å². The summed E-state index contributed by atoms with van der Waals surface area (Å²) < 4.78 is 31.7. The van der Waals surface area contributed by atoms with Crippen LogP contribution in [0.3, 0.4) is 0 Å². The van der Waals surface area contributed by atoms with Crippen molar-refractivity contribution in [3.05, 3.63) is 79.0 Å². The molecule has 0 bridgehead atoms. The van der Waals surface area contributed by atoms with E-state index in [-0.39, 0.29) is 12.1 Å². The first kappa shape index (κ1) is 28.1. The van der Waals surface area contributed by atoms with Crippen LogP contribution in [0.1, 0.15) is 26.2 Å². The number of hydrogen-bond acceptors (Lipinski definition) is 7. The molecule has 1 fully saturated rings. The van der Waals surface area contributed by atoms with E-state index in [2.05, 4.69) is 45.8 Å². The average Bonchev–Trinajstić information content (AvgIpc) is 3.45. The van der Waals surface area contributed by atoms with Crippen molar-refractivity contribution in [2.45, 2.75) is 32.5 Å². The lowest BCUT2D eigenvalue weighted by Gasteiger charge is -2.36. The van der Waals surface area contributed by atoms with Crippen molar-refractivity contribution in [3.63, 3.8) is 0 Å². The molecule has 0 spiro atoms. The Hall–Kier alpha value is -3.40. The number of anilines is 2. The number of methoxy groups -OCH3 is 2. The highest BCUT2D eigenvalue weighted by atomic mass is 32.2. The van der Waals surface area contributed by atoms with E-state index in [1.54, 1.807) is 32.7 Å². The SMILES string of the molecule is CCCSNc1cccc(-c2cn(-c3ccc(N4CCC(C(OC)OC)CC4)cc3)nc2-c2ccncc2)c1F. The van der Waals surface area contributed by atoms with Crippen LogP contribution in [0.15, 0.2) is 73.2 Å². The molecule has 9 heteroatoms. The third-order valence-electron chi connectivity index (χ3n) is 7.31. The summed E-state index contributed by atoms with van der Waals surface area (Å²) in [5.41, 5.74) is 5.37. The molecule has 40 heavy (non-hydrogen) atoms. The molecule has 210 valence electrons. The maximum Gasteiger partial charge on any atom is 0.159 e. The van der Waals surface area contributed by atoms with Gasteiger partial charge in [0, 0.05) is 79.9 Å². The number of ether oxygens (including phenoxy) is 2. The van der Waals surface area contributed by atoms with Gasteiger partial charge in [0.25, 0.3) is 0 Å². The Morgan fingerprint density at radius 1 is 0.975 bits per heavy atom. The van der Waals surface area contributed by atoms with Gasteiger partial charge in [-0.05, 0) is 61.7 Å². The Bertz CT molecular complexity index is 1370. The summed E-state index contributed by atoms with van der Waals surface area (Å²) in [6, 6.07) is 17.6. The lowest BCUT2D eigenvalue weighted by Crippen LogP contribution is -2.39. The standard InChI is InChI=1S/C31H36FN5O2S/c1-4-20-40-35-28-7-5-6-26(29(28)32)27-21-37(34-30(27)22-12-16-33-17-13-22)25-10-8-24(9-11-25)36-18-14-23(15-19-36)31(38-2)39-3/h5-13,16-17,21,23,31,35H,4,14-15,18-20H2,1-3H3. The molecule has 1 aliphatic heterocycles. The van der Waals surface area contributed by atoms with Crippen LogP contribution in [0.4, 0.5) is 15.8 Å². The number of nitrogens with zero attached hydrogens (tertiary/aromatic N) is 4. The predicted molar refractivity (Wildman–Crippen MR) is 161 cm³/mol. The smallest absolute Gasteiger partial charge is 0.159 e. The van der Waals surface area contributed by atoms with Crippen LogP contribution in [-0.2, 0) is 9.47 Å². The maximum atomic E-state index is 15.7. The number of piperidine rings is 1. The zero-order chi connectivity index (χ0) is 27.9. The molecular weight excluding hydrogens is 525 g/mol. The Kier molecular flexibility index (Phi) is 9.36. The van der Waals surface area contributed by atoms with Gasteiger partial charge in [-0.3, -0.25) is 4.98 Å². The van der Waals surface area contributed by atoms with Gasteiger partial charge >= 0.3 is 0 Å². The van der Waals surface area contributed by atoms with Gasteiger partial charge in [-0.1, -0.05) is 31.0 Å². The highest BCUT2D eigenvalue weighted by Gasteiger charge is 2.26. The summed E-state index contributed by atoms with van der Waals surface area (Å²) >= 11 is 1.51. The third kappa shape index (κ3) is 6.16. The number of pyridine rings is 1. The molecule has 0 amide bonds. The Labute approximate surface area is 239 Å². The Balaban J connectivity index is 1.42. The summed E-state index contributed by atoms with van der Waals surface area (Å²) in [5, 5.41) is 4.92. The Morgan fingerprint density at radius 2 is 1.68 bits per heavy atom. The van der Waals surface area contributed by atoms with Crippen molar-refractivity contribution < 1.29 is 13.9 Å². The van der Waals surface area contributed by atoms with Crippen LogP contribution in [0.25, 0.3) is 28.1 Å². The molecule has 7 nitrogen and oxygen atoms in total. The van der Waals surface area contributed by atoms with Crippen LogP contribution in [0, 0.1) is 11.7 Å². The van der Waals surface area contributed by atoms with Crippen LogP contribution >= 0.6 is 11.9 Å². The number of nitrogens with one attached hydrogen (secondary N) is 1. The fourth-order valence-electron chi connectivity index (χ4n) is 5.20. The van der Waals surface area contributed by atoms with E-state index in [9.17, 15) is 0 Å². The Morgan fingerprint density at radius 3 is 2.35 bits per heavy atom. The van der Waals surface area contributed by atoms with Gasteiger partial charge in [0.05, 0.1) is 11.4 Å². The first-order chi connectivity index (χ1) is 19.6. The highest BCUT2D eigenvalue weighted by molar-refractivity contribution is 8.00. The van der Waals surface area contributed by atoms with Crippen molar-refractivity contribution in [1.29, 1.82) is 0 Å². The van der Waals surface area contributed by atoms with E-state index in [0.717, 1.165) is 54.9 Å². The zero-order valence-electron chi connectivity index (χ0n) is 23.2. The lowest BCUT2D eigenvalue weighted by atomic mass is 9.95. The second-order valence-electron chi connectivity index (χ2n) is 9.87. The van der Waals surface area contributed by atoms with Gasteiger partial charge in [0.1, 0.15) is 5.69 Å². The molecule has 3 heterocycles. The lowest BCUT2D eigenvalue weighted by molar-refractivity contribution is -0.141. The van der Waals surface area contributed by atoms with Gasteiger partial charge < -0.3 is 19.1 Å². The molecule has 4 aromatic rings. The highest BCUT2D eigenvalue weighted by Crippen LogP contribution is 2.36. The van der Waals surface area contributed by atoms with Gasteiger partial charge in [-0.25, -0.2) is 9.07 Å². The summed E-state index contributed by atoms with van der Waals surface area (Å²) in [4.78, 5) is 6.54. The minimum Gasteiger partial charge on any atom is -0.372 e. The predicted octanol–water partition coefficient (Wildman–Crippen LogP) is 7.05. The second kappa shape index (κ2) is 13.3. The normalized spacial score (nSPS) is 14.2. The van der Waals surface area contributed by atoms with Crippen molar-refractivity contribution in [2.24, 2.45) is 5.92 Å². The molecule has 5 rings (SSSR count). The number of halogens is 1. The fourth-order valence-corrected chi connectivity index (χ4v) is 5.82. The molecule has 0 atom stereocenters. The van der Waals surface area contributed by atoms with Crippen molar-refractivity contribution in [3.8, 4) is 28.1 Å². The molecule has 0 radical (unpaired) electrons. The van der Waals surface area contributed by atoms with Crippen LogP contribution < -0.4 is 9.62 Å². The molecule has 1 saturated heterocycles. The maximum absolute atomic E-state index is 15.7. The van der Waals surface area contributed by atoms with Gasteiger partial charge in [0.2, 0.25) is 0 Å². The first-order valence-electron chi connectivity index (χ1n) is 13.7. The average molecular weight is 562 g/mol. The minimum absolute atomic E-state index is 0.149. The molecule has 1 N–H and O–H groups in total. The quantitative estimate of drug-likeness (QED) is 0.120. The molecule has 2 aromatic carbocycles. The summed E-state index contributed by atoms with van der Waals surface area (Å²) in [7, 11) is 3.41. The molecule has 1 aliphatic rings. The molecular formula is C31H36FN5O2S. The van der Waals surface area contributed by atoms with E-state index in [4.69, 9.17) is 14.6 Å². The van der Waals surface area contributed by atoms with Crippen molar-refractivity contribution in [2.75, 3.05) is 42.7 Å². The monoisotopic (exact) mass is 561 g/mol. The third-order valence-corrected chi connectivity index (χ3v) is 8.29. The minimum atomic E-state index is -0.288. The van der Waals surface area contributed by atoms with Crippen molar-refractivity contribution in [1.82, 2.24) is 14.8 Å². The summed E-state index contributed by atoms with van der Waals surface area (Å²) in [6.45, 7) is 4.00. The summed E-state index contributed by atoms with van der Waals surface area (Å²) in [5.74, 6) is 1.02. The number of hydrogen-bond donors (Lipinski definition) is 1. The van der Waals surface area contributed by atoms with Gasteiger partial charge in [0.15, 0.2) is 12.1 Å². The molecule has 0 saturated carbocycles. The summed E-state index contributed by atoms with van der Waals surface area (Å²) in [6.07, 6.45) is 8.26. The fraction of sp³-hybridized carbons (Fsp3) is 0.355.